The normalized spacial score (nSPS) is 11.3. The molecular formula is C15H13F3N2O3. The molecule has 0 saturated heterocycles. The number of carbonyl (C=O) groups is 1. The van der Waals surface area contributed by atoms with E-state index in [1.807, 2.05) is 0 Å². The van der Waals surface area contributed by atoms with Gasteiger partial charge in [0.15, 0.2) is 0 Å². The van der Waals surface area contributed by atoms with Gasteiger partial charge in [-0.25, -0.2) is 4.79 Å². The quantitative estimate of drug-likeness (QED) is 0.870. The van der Waals surface area contributed by atoms with Crippen molar-refractivity contribution in [3.63, 3.8) is 0 Å². The molecule has 0 unspecified atom stereocenters. The average Bonchev–Trinajstić information content (AvgIpc) is 2.51. The molecule has 2 aromatic rings. The third-order valence-corrected chi connectivity index (χ3v) is 3.04. The molecule has 5 nitrogen and oxygen atoms in total. The number of hydrogen-bond donors (Lipinski definition) is 1. The van der Waals surface area contributed by atoms with E-state index in [0.29, 0.717) is 0 Å². The predicted octanol–water partition coefficient (Wildman–Crippen LogP) is 1.82. The molecule has 0 amide bonds. The van der Waals surface area contributed by atoms with E-state index < -0.39 is 23.5 Å². The van der Waals surface area contributed by atoms with Gasteiger partial charge in [-0.2, -0.15) is 13.2 Å². The van der Waals surface area contributed by atoms with Gasteiger partial charge in [0.1, 0.15) is 0 Å². The summed E-state index contributed by atoms with van der Waals surface area (Å²) in [6.07, 6.45) is -3.80. The molecule has 0 spiro atoms. The number of alkyl halides is 3. The van der Waals surface area contributed by atoms with Gasteiger partial charge in [-0.1, -0.05) is 30.3 Å². The van der Waals surface area contributed by atoms with Crippen LogP contribution in [0, 0.1) is 0 Å². The molecule has 0 aliphatic rings. The highest BCUT2D eigenvalue weighted by Gasteiger charge is 2.42. The SMILES string of the molecule is NCc1ccn(Cc2ccccc2)c(=O)c1OC(=O)C(F)(F)F. The van der Waals surface area contributed by atoms with Crippen LogP contribution in [0.25, 0.3) is 0 Å². The number of pyridine rings is 1. The first-order valence-corrected chi connectivity index (χ1v) is 6.58. The number of carbonyl (C=O) groups excluding carboxylic acids is 1. The molecule has 0 fully saturated rings. The minimum Gasteiger partial charge on any atom is -0.414 e. The van der Waals surface area contributed by atoms with Crippen LogP contribution in [0.4, 0.5) is 13.2 Å². The summed E-state index contributed by atoms with van der Waals surface area (Å²) in [5.74, 6) is -3.16. The van der Waals surface area contributed by atoms with E-state index in [-0.39, 0.29) is 18.7 Å². The molecule has 0 bridgehead atoms. The van der Waals surface area contributed by atoms with Crippen molar-refractivity contribution in [3.05, 3.63) is 64.1 Å². The lowest BCUT2D eigenvalue weighted by molar-refractivity contribution is -0.189. The topological polar surface area (TPSA) is 74.3 Å². The van der Waals surface area contributed by atoms with Gasteiger partial charge in [-0.3, -0.25) is 4.79 Å². The maximum atomic E-state index is 12.3. The molecule has 0 aliphatic carbocycles. The van der Waals surface area contributed by atoms with Gasteiger partial charge >= 0.3 is 12.1 Å². The Balaban J connectivity index is 2.39. The monoisotopic (exact) mass is 326 g/mol. The number of aromatic nitrogens is 1. The molecule has 1 aromatic heterocycles. The largest absolute Gasteiger partial charge is 0.491 e. The number of nitrogens with two attached hydrogens (primary N) is 1. The molecule has 0 saturated carbocycles. The Morgan fingerprint density at radius 2 is 1.83 bits per heavy atom. The van der Waals surface area contributed by atoms with Crippen molar-refractivity contribution in [1.82, 2.24) is 4.57 Å². The van der Waals surface area contributed by atoms with Gasteiger partial charge in [-0.15, -0.1) is 0 Å². The van der Waals surface area contributed by atoms with E-state index in [0.717, 1.165) is 10.1 Å². The minimum atomic E-state index is -5.20. The molecule has 0 aliphatic heterocycles. The van der Waals surface area contributed by atoms with Crippen LogP contribution in [0.5, 0.6) is 5.75 Å². The molecule has 122 valence electrons. The van der Waals surface area contributed by atoms with Crippen molar-refractivity contribution in [2.45, 2.75) is 19.3 Å². The minimum absolute atomic E-state index is 0.0249. The Kier molecular flexibility index (Phi) is 4.85. The number of rotatable bonds is 4. The number of ether oxygens (including phenoxy) is 1. The van der Waals surface area contributed by atoms with Gasteiger partial charge in [0.05, 0.1) is 6.54 Å². The Bertz CT molecular complexity index is 755. The highest BCUT2D eigenvalue weighted by Crippen LogP contribution is 2.20. The third kappa shape index (κ3) is 3.98. The first-order valence-electron chi connectivity index (χ1n) is 6.58. The smallest absolute Gasteiger partial charge is 0.414 e. The van der Waals surface area contributed by atoms with Crippen molar-refractivity contribution >= 4 is 5.97 Å². The summed E-state index contributed by atoms with van der Waals surface area (Å²) in [5.41, 5.74) is 5.33. The van der Waals surface area contributed by atoms with E-state index in [4.69, 9.17) is 5.73 Å². The van der Waals surface area contributed by atoms with Crippen LogP contribution in [0.2, 0.25) is 0 Å². The van der Waals surface area contributed by atoms with Gasteiger partial charge in [0.2, 0.25) is 5.75 Å². The van der Waals surface area contributed by atoms with E-state index in [2.05, 4.69) is 4.74 Å². The molecule has 0 atom stereocenters. The van der Waals surface area contributed by atoms with Crippen LogP contribution in [-0.4, -0.2) is 16.7 Å². The summed E-state index contributed by atoms with van der Waals surface area (Å²) in [7, 11) is 0. The van der Waals surface area contributed by atoms with Crippen molar-refractivity contribution in [3.8, 4) is 5.75 Å². The van der Waals surface area contributed by atoms with Crippen molar-refractivity contribution in [1.29, 1.82) is 0 Å². The fourth-order valence-electron chi connectivity index (χ4n) is 1.92. The number of nitrogens with zero attached hydrogens (tertiary/aromatic N) is 1. The second kappa shape index (κ2) is 6.66. The first kappa shape index (κ1) is 16.8. The van der Waals surface area contributed by atoms with Crippen molar-refractivity contribution in [2.75, 3.05) is 0 Å². The molecule has 2 N–H and O–H groups in total. The summed E-state index contributed by atoms with van der Waals surface area (Å²) in [6.45, 7) is -0.108. The van der Waals surface area contributed by atoms with E-state index in [1.165, 1.54) is 12.3 Å². The van der Waals surface area contributed by atoms with Crippen LogP contribution < -0.4 is 16.0 Å². The number of halogens is 3. The summed E-state index contributed by atoms with van der Waals surface area (Å²) in [4.78, 5) is 23.3. The number of benzene rings is 1. The molecule has 0 radical (unpaired) electrons. The lowest BCUT2D eigenvalue weighted by atomic mass is 10.2. The second-order valence-electron chi connectivity index (χ2n) is 4.68. The van der Waals surface area contributed by atoms with Crippen molar-refractivity contribution < 1.29 is 22.7 Å². The van der Waals surface area contributed by atoms with Gasteiger partial charge in [-0.05, 0) is 11.6 Å². The van der Waals surface area contributed by atoms with Gasteiger partial charge in [0.25, 0.3) is 5.56 Å². The maximum absolute atomic E-state index is 12.3. The zero-order chi connectivity index (χ0) is 17.0. The lowest BCUT2D eigenvalue weighted by Crippen LogP contribution is -2.32. The fourth-order valence-corrected chi connectivity index (χ4v) is 1.92. The molecule has 2 rings (SSSR count). The van der Waals surface area contributed by atoms with E-state index >= 15 is 0 Å². The number of esters is 1. The molecule has 8 heteroatoms. The molecule has 1 aromatic carbocycles. The summed E-state index contributed by atoms with van der Waals surface area (Å²) in [5, 5.41) is 0. The first-order chi connectivity index (χ1) is 10.8. The van der Waals surface area contributed by atoms with Gasteiger partial charge < -0.3 is 15.0 Å². The summed E-state index contributed by atoms with van der Waals surface area (Å²) >= 11 is 0. The Morgan fingerprint density at radius 3 is 2.39 bits per heavy atom. The second-order valence-corrected chi connectivity index (χ2v) is 4.68. The van der Waals surface area contributed by atoms with Crippen molar-refractivity contribution in [2.24, 2.45) is 5.73 Å². The van der Waals surface area contributed by atoms with Crippen LogP contribution in [-0.2, 0) is 17.9 Å². The Hall–Kier alpha value is -2.61. The zero-order valence-electron chi connectivity index (χ0n) is 11.8. The van der Waals surface area contributed by atoms with Crippen LogP contribution in [0.1, 0.15) is 11.1 Å². The van der Waals surface area contributed by atoms with Crippen LogP contribution in [0.15, 0.2) is 47.4 Å². The molecule has 1 heterocycles. The number of hydrogen-bond acceptors (Lipinski definition) is 4. The maximum Gasteiger partial charge on any atom is 0.491 e. The predicted molar refractivity (Wildman–Crippen MR) is 75.8 cm³/mol. The Morgan fingerprint density at radius 1 is 1.17 bits per heavy atom. The van der Waals surface area contributed by atoms with E-state index in [1.54, 1.807) is 30.3 Å². The summed E-state index contributed by atoms with van der Waals surface area (Å²) < 4.78 is 42.4. The lowest BCUT2D eigenvalue weighted by Gasteiger charge is -2.13. The third-order valence-electron chi connectivity index (χ3n) is 3.04. The highest BCUT2D eigenvalue weighted by atomic mass is 19.4. The van der Waals surface area contributed by atoms with Gasteiger partial charge in [0, 0.05) is 18.3 Å². The average molecular weight is 326 g/mol. The standard InChI is InChI=1S/C15H13F3N2O3/c16-15(17,18)14(22)23-12-11(8-19)6-7-20(13(12)21)9-10-4-2-1-3-5-10/h1-7H,8-9,19H2. The highest BCUT2D eigenvalue weighted by molar-refractivity contribution is 5.78. The fraction of sp³-hybridized carbons (Fsp3) is 0.200. The van der Waals surface area contributed by atoms with Crippen LogP contribution >= 0.6 is 0 Å². The summed E-state index contributed by atoms with van der Waals surface area (Å²) in [6, 6.07) is 10.2. The molecular weight excluding hydrogens is 313 g/mol. The van der Waals surface area contributed by atoms with E-state index in [9.17, 15) is 22.8 Å². The molecule has 23 heavy (non-hydrogen) atoms. The Labute approximate surface area is 129 Å². The van der Waals surface area contributed by atoms with Crippen LogP contribution in [0.3, 0.4) is 0 Å². The zero-order valence-corrected chi connectivity index (χ0v) is 11.8.